The zero-order valence-corrected chi connectivity index (χ0v) is 11.5. The molecule has 0 aromatic heterocycles. The molecule has 2 nitrogen and oxygen atoms in total. The van der Waals surface area contributed by atoms with Crippen molar-refractivity contribution in [2.24, 2.45) is 5.73 Å². The number of aliphatic hydroxyl groups excluding tert-OH is 1. The number of halogens is 2. The summed E-state index contributed by atoms with van der Waals surface area (Å²) in [6, 6.07) is 11.2. The predicted octanol–water partition coefficient (Wildman–Crippen LogP) is 2.71. The van der Waals surface area contributed by atoms with Gasteiger partial charge in [0, 0.05) is 24.4 Å². The molecule has 3 unspecified atom stereocenters. The highest BCUT2D eigenvalue weighted by Crippen LogP contribution is 2.41. The molecule has 0 amide bonds. The van der Waals surface area contributed by atoms with Crippen LogP contribution in [0.4, 0.5) is 8.78 Å². The van der Waals surface area contributed by atoms with Crippen molar-refractivity contribution in [3.05, 3.63) is 70.8 Å². The Hall–Kier alpha value is -1.78. The van der Waals surface area contributed by atoms with Crippen molar-refractivity contribution in [2.45, 2.75) is 24.4 Å². The van der Waals surface area contributed by atoms with E-state index in [-0.39, 0.29) is 12.5 Å². The van der Waals surface area contributed by atoms with Crippen LogP contribution in [0.25, 0.3) is 0 Å². The Morgan fingerprint density at radius 1 is 1.14 bits per heavy atom. The summed E-state index contributed by atoms with van der Waals surface area (Å²) in [5, 5.41) is 10.6. The van der Waals surface area contributed by atoms with Gasteiger partial charge < -0.3 is 10.8 Å². The van der Waals surface area contributed by atoms with E-state index < -0.39 is 23.7 Å². The third-order valence-electron chi connectivity index (χ3n) is 4.29. The Morgan fingerprint density at radius 3 is 2.43 bits per heavy atom. The third kappa shape index (κ3) is 2.57. The van der Waals surface area contributed by atoms with E-state index in [0.717, 1.165) is 18.1 Å². The maximum atomic E-state index is 13.4. The molecule has 0 fully saturated rings. The highest BCUT2D eigenvalue weighted by Gasteiger charge is 2.36. The molecule has 110 valence electrons. The Bertz CT molecular complexity index is 639. The van der Waals surface area contributed by atoms with E-state index in [1.807, 2.05) is 24.3 Å². The summed E-state index contributed by atoms with van der Waals surface area (Å²) >= 11 is 0. The quantitative estimate of drug-likeness (QED) is 0.909. The minimum Gasteiger partial charge on any atom is -0.392 e. The van der Waals surface area contributed by atoms with Gasteiger partial charge in [-0.15, -0.1) is 0 Å². The number of aliphatic hydroxyl groups is 1. The zero-order valence-electron chi connectivity index (χ0n) is 11.5. The summed E-state index contributed by atoms with van der Waals surface area (Å²) in [5.41, 5.74) is 8.46. The molecule has 3 rings (SSSR count). The van der Waals surface area contributed by atoms with Crippen molar-refractivity contribution in [1.29, 1.82) is 0 Å². The molecule has 0 bridgehead atoms. The summed E-state index contributed by atoms with van der Waals surface area (Å²) in [5.74, 6) is -1.80. The van der Waals surface area contributed by atoms with Crippen LogP contribution < -0.4 is 5.73 Å². The fraction of sp³-hybridized carbons (Fsp3) is 0.294. The number of hydrogen-bond donors (Lipinski definition) is 2. The lowest BCUT2D eigenvalue weighted by molar-refractivity contribution is 0.106. The van der Waals surface area contributed by atoms with Crippen LogP contribution in [0.1, 0.15) is 28.5 Å². The van der Waals surface area contributed by atoms with E-state index in [2.05, 4.69) is 0 Å². The van der Waals surface area contributed by atoms with Gasteiger partial charge in [0.05, 0.1) is 6.10 Å². The first-order valence-corrected chi connectivity index (χ1v) is 7.02. The van der Waals surface area contributed by atoms with Crippen LogP contribution >= 0.6 is 0 Å². The molecule has 3 atom stereocenters. The van der Waals surface area contributed by atoms with Crippen LogP contribution in [-0.4, -0.2) is 17.8 Å². The summed E-state index contributed by atoms with van der Waals surface area (Å²) in [7, 11) is 0. The molecular formula is C17H17F2NO. The lowest BCUT2D eigenvalue weighted by Gasteiger charge is -2.37. The van der Waals surface area contributed by atoms with Crippen LogP contribution in [-0.2, 0) is 6.42 Å². The molecule has 0 aliphatic heterocycles. The van der Waals surface area contributed by atoms with Gasteiger partial charge in [-0.25, -0.2) is 8.78 Å². The highest BCUT2D eigenvalue weighted by molar-refractivity contribution is 5.42. The number of benzene rings is 2. The van der Waals surface area contributed by atoms with Crippen LogP contribution in [0.3, 0.4) is 0 Å². The molecule has 3 N–H and O–H groups in total. The van der Waals surface area contributed by atoms with Gasteiger partial charge in [-0.1, -0.05) is 24.3 Å². The predicted molar refractivity (Wildman–Crippen MR) is 77.0 cm³/mol. The molecule has 0 heterocycles. The Kier molecular flexibility index (Phi) is 3.74. The van der Waals surface area contributed by atoms with Crippen molar-refractivity contribution >= 4 is 0 Å². The summed E-state index contributed by atoms with van der Waals surface area (Å²) in [6.07, 6.45) is 0.0251. The van der Waals surface area contributed by atoms with Crippen LogP contribution in [0, 0.1) is 11.6 Å². The maximum absolute atomic E-state index is 13.4. The molecule has 1 aliphatic rings. The average Bonchev–Trinajstić information content (AvgIpc) is 2.40. The smallest absolute Gasteiger partial charge is 0.126 e. The standard InChI is InChI=1S/C17H17F2NO/c18-12-5-11(6-13(19)8-12)16(9-20)17(21)15-7-10-3-1-2-4-14(10)15/h1-6,8,15-17,21H,7,9,20H2. The van der Waals surface area contributed by atoms with Gasteiger partial charge in [-0.05, 0) is 35.2 Å². The number of fused-ring (bicyclic) bond motifs is 1. The second-order valence-corrected chi connectivity index (χ2v) is 5.55. The molecule has 0 radical (unpaired) electrons. The van der Waals surface area contributed by atoms with E-state index in [9.17, 15) is 13.9 Å². The lowest BCUT2D eigenvalue weighted by Crippen LogP contribution is -2.36. The molecule has 21 heavy (non-hydrogen) atoms. The van der Waals surface area contributed by atoms with Gasteiger partial charge in [0.1, 0.15) is 11.6 Å². The Balaban J connectivity index is 1.87. The van der Waals surface area contributed by atoms with Gasteiger partial charge in [-0.3, -0.25) is 0 Å². The molecular weight excluding hydrogens is 272 g/mol. The van der Waals surface area contributed by atoms with Gasteiger partial charge in [0.2, 0.25) is 0 Å². The van der Waals surface area contributed by atoms with E-state index in [1.54, 1.807) is 0 Å². The van der Waals surface area contributed by atoms with Gasteiger partial charge in [0.25, 0.3) is 0 Å². The Morgan fingerprint density at radius 2 is 1.81 bits per heavy atom. The van der Waals surface area contributed by atoms with Crippen molar-refractivity contribution < 1.29 is 13.9 Å². The van der Waals surface area contributed by atoms with Crippen molar-refractivity contribution in [1.82, 2.24) is 0 Å². The van der Waals surface area contributed by atoms with E-state index in [4.69, 9.17) is 5.73 Å². The first-order valence-electron chi connectivity index (χ1n) is 7.02. The van der Waals surface area contributed by atoms with Gasteiger partial charge >= 0.3 is 0 Å². The molecule has 0 saturated carbocycles. The van der Waals surface area contributed by atoms with E-state index in [1.165, 1.54) is 17.7 Å². The summed E-state index contributed by atoms with van der Waals surface area (Å²) < 4.78 is 26.7. The molecule has 4 heteroatoms. The summed E-state index contributed by atoms with van der Waals surface area (Å²) in [6.45, 7) is 0.142. The van der Waals surface area contributed by atoms with Crippen LogP contribution in [0.5, 0.6) is 0 Å². The minimum absolute atomic E-state index is 0.0268. The fourth-order valence-electron chi connectivity index (χ4n) is 3.14. The largest absolute Gasteiger partial charge is 0.392 e. The van der Waals surface area contributed by atoms with Crippen LogP contribution in [0.15, 0.2) is 42.5 Å². The monoisotopic (exact) mass is 289 g/mol. The summed E-state index contributed by atoms with van der Waals surface area (Å²) in [4.78, 5) is 0. The second-order valence-electron chi connectivity index (χ2n) is 5.55. The molecule has 2 aromatic rings. The first kappa shape index (κ1) is 14.2. The van der Waals surface area contributed by atoms with Crippen LogP contribution in [0.2, 0.25) is 0 Å². The second kappa shape index (κ2) is 5.54. The number of rotatable bonds is 4. The SMILES string of the molecule is NCC(c1cc(F)cc(F)c1)C(O)C1Cc2ccccc21. The Labute approximate surface area is 122 Å². The topological polar surface area (TPSA) is 46.2 Å². The molecule has 2 aromatic carbocycles. The molecule has 0 spiro atoms. The van der Waals surface area contributed by atoms with Crippen molar-refractivity contribution in [3.8, 4) is 0 Å². The van der Waals surface area contributed by atoms with E-state index >= 15 is 0 Å². The number of hydrogen-bond acceptors (Lipinski definition) is 2. The number of nitrogens with two attached hydrogens (primary N) is 1. The van der Waals surface area contributed by atoms with Gasteiger partial charge in [0.15, 0.2) is 0 Å². The first-order chi connectivity index (χ1) is 10.1. The highest BCUT2D eigenvalue weighted by atomic mass is 19.1. The zero-order chi connectivity index (χ0) is 15.0. The third-order valence-corrected chi connectivity index (χ3v) is 4.29. The fourth-order valence-corrected chi connectivity index (χ4v) is 3.14. The molecule has 0 saturated heterocycles. The minimum atomic E-state index is -0.744. The van der Waals surface area contributed by atoms with Gasteiger partial charge in [-0.2, -0.15) is 0 Å². The lowest BCUT2D eigenvalue weighted by atomic mass is 9.70. The van der Waals surface area contributed by atoms with E-state index in [0.29, 0.717) is 5.56 Å². The maximum Gasteiger partial charge on any atom is 0.126 e. The average molecular weight is 289 g/mol. The molecule has 1 aliphatic carbocycles. The van der Waals surface area contributed by atoms with Crippen molar-refractivity contribution in [3.63, 3.8) is 0 Å². The van der Waals surface area contributed by atoms with Crippen molar-refractivity contribution in [2.75, 3.05) is 6.54 Å². The normalized spacial score (nSPS) is 19.5.